The number of rotatable bonds is 6. The van der Waals surface area contributed by atoms with Crippen molar-refractivity contribution in [2.24, 2.45) is 11.8 Å². The minimum Gasteiger partial charge on any atom is -0.353 e. The van der Waals surface area contributed by atoms with E-state index >= 15 is 0 Å². The topological polar surface area (TPSA) is 41.1 Å². The molecule has 0 saturated heterocycles. The molecule has 0 aromatic heterocycles. The van der Waals surface area contributed by atoms with Crippen molar-refractivity contribution < 1.29 is 4.79 Å². The van der Waals surface area contributed by atoms with Crippen LogP contribution >= 0.6 is 0 Å². The zero-order chi connectivity index (χ0) is 12.7. The van der Waals surface area contributed by atoms with Crippen molar-refractivity contribution in [2.45, 2.75) is 58.9 Å². The molecule has 100 valence electrons. The Kier molecular flexibility index (Phi) is 6.56. The Hall–Kier alpha value is -0.570. The van der Waals surface area contributed by atoms with E-state index in [1.54, 1.807) is 0 Å². The normalized spacial score (nSPS) is 26.5. The van der Waals surface area contributed by atoms with Crippen molar-refractivity contribution in [3.05, 3.63) is 0 Å². The molecule has 0 aromatic rings. The summed E-state index contributed by atoms with van der Waals surface area (Å²) < 4.78 is 0. The van der Waals surface area contributed by atoms with Gasteiger partial charge in [-0.1, -0.05) is 40.0 Å². The molecule has 0 bridgehead atoms. The average Bonchev–Trinajstić information content (AvgIpc) is 2.36. The van der Waals surface area contributed by atoms with Gasteiger partial charge < -0.3 is 10.6 Å². The second kappa shape index (κ2) is 7.70. The number of carbonyl (C=O) groups excluding carboxylic acids is 1. The van der Waals surface area contributed by atoms with Gasteiger partial charge in [0.2, 0.25) is 5.91 Å². The van der Waals surface area contributed by atoms with Gasteiger partial charge >= 0.3 is 0 Å². The first-order valence-electron chi connectivity index (χ1n) is 7.20. The molecule has 3 atom stereocenters. The first kappa shape index (κ1) is 14.5. The number of hydrogen-bond acceptors (Lipinski definition) is 2. The summed E-state index contributed by atoms with van der Waals surface area (Å²) >= 11 is 0. The van der Waals surface area contributed by atoms with Gasteiger partial charge in [-0.25, -0.2) is 0 Å². The third-order valence-electron chi connectivity index (χ3n) is 3.91. The molecule has 1 aliphatic rings. The maximum Gasteiger partial charge on any atom is 0.224 e. The highest BCUT2D eigenvalue weighted by Gasteiger charge is 2.26. The van der Waals surface area contributed by atoms with Gasteiger partial charge in [0, 0.05) is 18.5 Å². The molecule has 1 rings (SSSR count). The lowest BCUT2D eigenvalue weighted by molar-refractivity contribution is -0.125. The van der Waals surface area contributed by atoms with Crippen molar-refractivity contribution in [1.82, 2.24) is 10.6 Å². The molecule has 1 saturated carbocycles. The van der Waals surface area contributed by atoms with Crippen molar-refractivity contribution >= 4 is 5.91 Å². The minimum absolute atomic E-state index is 0.0781. The minimum atomic E-state index is 0.0781. The fourth-order valence-electron chi connectivity index (χ4n) is 2.66. The van der Waals surface area contributed by atoms with Gasteiger partial charge in [0.1, 0.15) is 0 Å². The van der Waals surface area contributed by atoms with Crippen LogP contribution in [0.1, 0.15) is 52.9 Å². The summed E-state index contributed by atoms with van der Waals surface area (Å²) in [7, 11) is 0. The largest absolute Gasteiger partial charge is 0.353 e. The second-order valence-corrected chi connectivity index (χ2v) is 5.28. The van der Waals surface area contributed by atoms with Crippen LogP contribution in [0.3, 0.4) is 0 Å². The fourth-order valence-corrected chi connectivity index (χ4v) is 2.66. The van der Waals surface area contributed by atoms with Gasteiger partial charge in [0.15, 0.2) is 0 Å². The van der Waals surface area contributed by atoms with E-state index in [1.807, 2.05) is 6.92 Å². The number of hydrogen-bond donors (Lipinski definition) is 2. The van der Waals surface area contributed by atoms with Crippen molar-refractivity contribution in [3.63, 3.8) is 0 Å². The third-order valence-corrected chi connectivity index (χ3v) is 3.91. The molecular formula is C14H28N2O. The van der Waals surface area contributed by atoms with E-state index in [4.69, 9.17) is 0 Å². The second-order valence-electron chi connectivity index (χ2n) is 5.28. The molecule has 0 aliphatic heterocycles. The smallest absolute Gasteiger partial charge is 0.224 e. The lowest BCUT2D eigenvalue weighted by atomic mass is 9.82. The molecule has 0 aromatic carbocycles. The van der Waals surface area contributed by atoms with Gasteiger partial charge in [-0.05, 0) is 25.3 Å². The summed E-state index contributed by atoms with van der Waals surface area (Å²) in [5, 5.41) is 6.48. The summed E-state index contributed by atoms with van der Waals surface area (Å²) in [4.78, 5) is 12.0. The van der Waals surface area contributed by atoms with E-state index in [0.717, 1.165) is 19.5 Å². The molecule has 0 heterocycles. The van der Waals surface area contributed by atoms with Gasteiger partial charge in [-0.3, -0.25) is 4.79 Å². The summed E-state index contributed by atoms with van der Waals surface area (Å²) in [5.41, 5.74) is 0. The van der Waals surface area contributed by atoms with Gasteiger partial charge in [-0.2, -0.15) is 0 Å². The maximum absolute atomic E-state index is 12.0. The zero-order valence-electron chi connectivity index (χ0n) is 11.6. The van der Waals surface area contributed by atoms with Crippen LogP contribution in [0, 0.1) is 11.8 Å². The maximum atomic E-state index is 12.0. The fraction of sp³-hybridized carbons (Fsp3) is 0.929. The van der Waals surface area contributed by atoms with Crippen LogP contribution in [0.2, 0.25) is 0 Å². The van der Waals surface area contributed by atoms with Crippen LogP contribution in [-0.2, 0) is 4.79 Å². The molecule has 1 amide bonds. The molecule has 1 aliphatic carbocycles. The average molecular weight is 240 g/mol. The molecule has 0 spiro atoms. The number of amides is 1. The monoisotopic (exact) mass is 240 g/mol. The standard InChI is InChI=1S/C14H28N2O/c1-4-12-8-6-7-9-13(12)16-14(17)11(3)10-15-5-2/h11-13,15H,4-10H2,1-3H3,(H,16,17). The lowest BCUT2D eigenvalue weighted by Crippen LogP contribution is -2.45. The van der Waals surface area contributed by atoms with E-state index in [0.29, 0.717) is 12.0 Å². The summed E-state index contributed by atoms with van der Waals surface area (Å²) in [5.74, 6) is 0.990. The third kappa shape index (κ3) is 4.66. The molecule has 17 heavy (non-hydrogen) atoms. The SMILES string of the molecule is CCNCC(C)C(=O)NC1CCCCC1CC. The van der Waals surface area contributed by atoms with Crippen molar-refractivity contribution in [1.29, 1.82) is 0 Å². The van der Waals surface area contributed by atoms with Gasteiger partial charge in [0.05, 0.1) is 0 Å². The van der Waals surface area contributed by atoms with Crippen LogP contribution in [0.15, 0.2) is 0 Å². The predicted octanol–water partition coefficient (Wildman–Crippen LogP) is 2.32. The predicted molar refractivity (Wildman–Crippen MR) is 71.9 cm³/mol. The van der Waals surface area contributed by atoms with Crippen LogP contribution in [-0.4, -0.2) is 25.0 Å². The van der Waals surface area contributed by atoms with Crippen LogP contribution < -0.4 is 10.6 Å². The highest BCUT2D eigenvalue weighted by Crippen LogP contribution is 2.26. The quantitative estimate of drug-likeness (QED) is 0.748. The Morgan fingerprint density at radius 2 is 2.00 bits per heavy atom. The van der Waals surface area contributed by atoms with Crippen LogP contribution in [0.5, 0.6) is 0 Å². The van der Waals surface area contributed by atoms with E-state index < -0.39 is 0 Å². The molecule has 3 nitrogen and oxygen atoms in total. The molecule has 0 radical (unpaired) electrons. The van der Waals surface area contributed by atoms with E-state index in [2.05, 4.69) is 24.5 Å². The lowest BCUT2D eigenvalue weighted by Gasteiger charge is -2.32. The summed E-state index contributed by atoms with van der Waals surface area (Å²) in [6, 6.07) is 0.422. The molecule has 2 N–H and O–H groups in total. The van der Waals surface area contributed by atoms with Gasteiger partial charge in [0.25, 0.3) is 0 Å². The van der Waals surface area contributed by atoms with Gasteiger partial charge in [-0.15, -0.1) is 0 Å². The van der Waals surface area contributed by atoms with Crippen molar-refractivity contribution in [2.75, 3.05) is 13.1 Å². The first-order valence-corrected chi connectivity index (χ1v) is 7.20. The summed E-state index contributed by atoms with van der Waals surface area (Å²) in [6.45, 7) is 8.02. The highest BCUT2D eigenvalue weighted by molar-refractivity contribution is 5.78. The Morgan fingerprint density at radius 3 is 2.65 bits per heavy atom. The zero-order valence-corrected chi connectivity index (χ0v) is 11.6. The first-order chi connectivity index (χ1) is 8.19. The highest BCUT2D eigenvalue weighted by atomic mass is 16.1. The van der Waals surface area contributed by atoms with Crippen molar-refractivity contribution in [3.8, 4) is 0 Å². The molecular weight excluding hydrogens is 212 g/mol. The molecule has 3 unspecified atom stereocenters. The Balaban J connectivity index is 2.37. The van der Waals surface area contributed by atoms with E-state index in [1.165, 1.54) is 25.7 Å². The Labute approximate surface area is 106 Å². The summed E-state index contributed by atoms with van der Waals surface area (Å²) in [6.07, 6.45) is 6.23. The van der Waals surface area contributed by atoms with Crippen LogP contribution in [0.25, 0.3) is 0 Å². The Morgan fingerprint density at radius 1 is 1.29 bits per heavy atom. The number of carbonyl (C=O) groups is 1. The van der Waals surface area contributed by atoms with Crippen LogP contribution in [0.4, 0.5) is 0 Å². The van der Waals surface area contributed by atoms with E-state index in [9.17, 15) is 4.79 Å². The Bertz CT molecular complexity index is 230. The molecule has 3 heteroatoms. The molecule has 1 fully saturated rings. The van der Waals surface area contributed by atoms with E-state index in [-0.39, 0.29) is 11.8 Å². The number of nitrogens with one attached hydrogen (secondary N) is 2.